The zero-order valence-electron chi connectivity index (χ0n) is 13.5. The van der Waals surface area contributed by atoms with Gasteiger partial charge < -0.3 is 13.7 Å². The van der Waals surface area contributed by atoms with Gasteiger partial charge in [-0.15, -0.1) is 0 Å². The van der Waals surface area contributed by atoms with E-state index in [4.69, 9.17) is 8.83 Å². The maximum Gasteiger partial charge on any atom is 0.246 e. The van der Waals surface area contributed by atoms with Crippen LogP contribution >= 0.6 is 15.9 Å². The Bertz CT molecular complexity index is 895. The van der Waals surface area contributed by atoms with Crippen LogP contribution < -0.4 is 0 Å². The maximum atomic E-state index is 12.5. The molecule has 1 aliphatic heterocycles. The van der Waals surface area contributed by atoms with E-state index in [1.165, 1.54) is 0 Å². The SMILES string of the molecule is O=C(/C=C/c1ccc(Br)o1)N1CCCC(c2nc3ccccc3o2)C1. The van der Waals surface area contributed by atoms with Crippen molar-refractivity contribution in [2.45, 2.75) is 18.8 Å². The molecule has 1 aliphatic rings. The molecule has 1 unspecified atom stereocenters. The van der Waals surface area contributed by atoms with Crippen LogP contribution in [0.2, 0.25) is 0 Å². The van der Waals surface area contributed by atoms with Crippen LogP contribution in [0.5, 0.6) is 0 Å². The van der Waals surface area contributed by atoms with Gasteiger partial charge in [0, 0.05) is 19.2 Å². The van der Waals surface area contributed by atoms with E-state index in [9.17, 15) is 4.79 Å². The number of piperidine rings is 1. The standard InChI is InChI=1S/C19H17BrN2O3/c20-17-9-7-14(24-17)8-10-18(23)22-11-3-4-13(12-22)19-21-15-5-1-2-6-16(15)25-19/h1-2,5-10,13H,3-4,11-12H2/b10-8+. The topological polar surface area (TPSA) is 59.5 Å². The molecule has 0 N–H and O–H groups in total. The summed E-state index contributed by atoms with van der Waals surface area (Å²) in [5.74, 6) is 1.48. The second-order valence-corrected chi connectivity index (χ2v) is 6.90. The summed E-state index contributed by atoms with van der Waals surface area (Å²) in [4.78, 5) is 18.9. The molecule has 3 aromatic rings. The number of benzene rings is 1. The first-order valence-electron chi connectivity index (χ1n) is 8.27. The lowest BCUT2D eigenvalue weighted by Crippen LogP contribution is -2.38. The monoisotopic (exact) mass is 400 g/mol. The molecule has 1 atom stereocenters. The summed E-state index contributed by atoms with van der Waals surface area (Å²) in [5.41, 5.74) is 1.66. The Morgan fingerprint density at radius 3 is 2.92 bits per heavy atom. The number of hydrogen-bond acceptors (Lipinski definition) is 4. The lowest BCUT2D eigenvalue weighted by molar-refractivity contribution is -0.127. The van der Waals surface area contributed by atoms with Crippen LogP contribution in [0.15, 0.2) is 56.0 Å². The van der Waals surface area contributed by atoms with Gasteiger partial charge in [0.15, 0.2) is 16.1 Å². The average Bonchev–Trinajstić information content (AvgIpc) is 3.25. The zero-order chi connectivity index (χ0) is 17.2. The van der Waals surface area contributed by atoms with E-state index in [1.807, 2.05) is 35.2 Å². The molecule has 3 heterocycles. The average molecular weight is 401 g/mol. The molecular formula is C19H17BrN2O3. The molecule has 2 aromatic heterocycles. The Morgan fingerprint density at radius 2 is 2.12 bits per heavy atom. The highest BCUT2D eigenvalue weighted by Crippen LogP contribution is 2.29. The molecule has 1 aromatic carbocycles. The minimum absolute atomic E-state index is 0.0201. The van der Waals surface area contributed by atoms with Gasteiger partial charge in [0.05, 0.1) is 5.92 Å². The number of amides is 1. The normalized spacial score (nSPS) is 18.3. The summed E-state index contributed by atoms with van der Waals surface area (Å²) >= 11 is 3.25. The van der Waals surface area contributed by atoms with Crippen molar-refractivity contribution in [3.05, 3.63) is 58.8 Å². The molecule has 4 rings (SSSR count). The van der Waals surface area contributed by atoms with Gasteiger partial charge in [0.25, 0.3) is 0 Å². The van der Waals surface area contributed by atoms with Gasteiger partial charge in [0.2, 0.25) is 5.91 Å². The lowest BCUT2D eigenvalue weighted by atomic mass is 9.98. The smallest absolute Gasteiger partial charge is 0.246 e. The molecule has 0 spiro atoms. The Balaban J connectivity index is 1.46. The number of likely N-dealkylation sites (tertiary alicyclic amines) is 1. The number of hydrogen-bond donors (Lipinski definition) is 0. The molecule has 1 amide bonds. The Labute approximate surface area is 153 Å². The van der Waals surface area contributed by atoms with Crippen LogP contribution in [-0.4, -0.2) is 28.9 Å². The lowest BCUT2D eigenvalue weighted by Gasteiger charge is -2.30. The van der Waals surface area contributed by atoms with Crippen molar-refractivity contribution >= 4 is 39.0 Å². The molecule has 5 nitrogen and oxygen atoms in total. The van der Waals surface area contributed by atoms with Crippen molar-refractivity contribution in [3.8, 4) is 0 Å². The number of furan rings is 1. The molecular weight excluding hydrogens is 384 g/mol. The van der Waals surface area contributed by atoms with Crippen molar-refractivity contribution < 1.29 is 13.6 Å². The molecule has 128 valence electrons. The maximum absolute atomic E-state index is 12.5. The number of rotatable bonds is 3. The summed E-state index contributed by atoms with van der Waals surface area (Å²) in [5, 5.41) is 0. The number of carbonyl (C=O) groups is 1. The second-order valence-electron chi connectivity index (χ2n) is 6.12. The Kier molecular flexibility index (Phi) is 4.44. The fraction of sp³-hybridized carbons (Fsp3) is 0.263. The van der Waals surface area contributed by atoms with E-state index in [1.54, 1.807) is 18.2 Å². The second kappa shape index (κ2) is 6.88. The first kappa shape index (κ1) is 16.1. The number of nitrogens with zero attached hydrogens (tertiary/aromatic N) is 2. The first-order chi connectivity index (χ1) is 12.2. The minimum atomic E-state index is -0.0201. The van der Waals surface area contributed by atoms with Crippen molar-refractivity contribution in [1.82, 2.24) is 9.88 Å². The van der Waals surface area contributed by atoms with Gasteiger partial charge in [-0.25, -0.2) is 4.98 Å². The molecule has 25 heavy (non-hydrogen) atoms. The van der Waals surface area contributed by atoms with E-state index in [2.05, 4.69) is 20.9 Å². The van der Waals surface area contributed by atoms with Crippen molar-refractivity contribution in [1.29, 1.82) is 0 Å². The van der Waals surface area contributed by atoms with Crippen LogP contribution in [0.3, 0.4) is 0 Å². The van der Waals surface area contributed by atoms with Gasteiger partial charge in [0.1, 0.15) is 11.3 Å². The molecule has 0 bridgehead atoms. The van der Waals surface area contributed by atoms with Gasteiger partial charge in [-0.3, -0.25) is 4.79 Å². The van der Waals surface area contributed by atoms with E-state index < -0.39 is 0 Å². The molecule has 0 aliphatic carbocycles. The quantitative estimate of drug-likeness (QED) is 0.602. The summed E-state index contributed by atoms with van der Waals surface area (Å²) in [6.07, 6.45) is 5.16. The fourth-order valence-electron chi connectivity index (χ4n) is 3.12. The number of aromatic nitrogens is 1. The number of halogens is 1. The van der Waals surface area contributed by atoms with Crippen LogP contribution in [0.25, 0.3) is 17.2 Å². The summed E-state index contributed by atoms with van der Waals surface area (Å²) in [6.45, 7) is 1.37. The molecule has 1 fully saturated rings. The number of carbonyl (C=O) groups excluding carboxylic acids is 1. The Morgan fingerprint density at radius 1 is 1.24 bits per heavy atom. The molecule has 0 saturated carbocycles. The van der Waals surface area contributed by atoms with Crippen LogP contribution in [0.4, 0.5) is 0 Å². The van der Waals surface area contributed by atoms with Crippen molar-refractivity contribution in [2.24, 2.45) is 0 Å². The number of fused-ring (bicyclic) bond motifs is 1. The minimum Gasteiger partial charge on any atom is -0.450 e. The molecule has 1 saturated heterocycles. The van der Waals surface area contributed by atoms with Crippen molar-refractivity contribution in [3.63, 3.8) is 0 Å². The molecule has 6 heteroatoms. The van der Waals surface area contributed by atoms with Gasteiger partial charge >= 0.3 is 0 Å². The first-order valence-corrected chi connectivity index (χ1v) is 9.06. The van der Waals surface area contributed by atoms with Gasteiger partial charge in [-0.05, 0) is 59.1 Å². The Hall–Kier alpha value is -2.34. The summed E-state index contributed by atoms with van der Waals surface area (Å²) in [7, 11) is 0. The van der Waals surface area contributed by atoms with Crippen LogP contribution in [0, 0.1) is 0 Å². The van der Waals surface area contributed by atoms with Crippen LogP contribution in [-0.2, 0) is 4.79 Å². The highest BCUT2D eigenvalue weighted by Gasteiger charge is 2.27. The summed E-state index contributed by atoms with van der Waals surface area (Å²) in [6, 6.07) is 11.4. The highest BCUT2D eigenvalue weighted by molar-refractivity contribution is 9.10. The van der Waals surface area contributed by atoms with Crippen molar-refractivity contribution in [2.75, 3.05) is 13.1 Å². The van der Waals surface area contributed by atoms with E-state index in [0.717, 1.165) is 36.4 Å². The third-order valence-electron chi connectivity index (χ3n) is 4.38. The fourth-order valence-corrected chi connectivity index (χ4v) is 3.44. The summed E-state index contributed by atoms with van der Waals surface area (Å²) < 4.78 is 11.9. The third kappa shape index (κ3) is 3.54. The van der Waals surface area contributed by atoms with Gasteiger partial charge in [-0.2, -0.15) is 0 Å². The van der Waals surface area contributed by atoms with E-state index in [-0.39, 0.29) is 11.8 Å². The zero-order valence-corrected chi connectivity index (χ0v) is 15.1. The number of para-hydroxylation sites is 2. The van der Waals surface area contributed by atoms with E-state index in [0.29, 0.717) is 17.0 Å². The van der Waals surface area contributed by atoms with Crippen LogP contribution in [0.1, 0.15) is 30.4 Å². The van der Waals surface area contributed by atoms with E-state index >= 15 is 0 Å². The third-order valence-corrected chi connectivity index (χ3v) is 4.80. The van der Waals surface area contributed by atoms with Gasteiger partial charge in [-0.1, -0.05) is 12.1 Å². The number of oxazole rings is 1. The highest BCUT2D eigenvalue weighted by atomic mass is 79.9. The molecule has 0 radical (unpaired) electrons. The largest absolute Gasteiger partial charge is 0.450 e. The predicted molar refractivity (Wildman–Crippen MR) is 98.0 cm³/mol. The predicted octanol–water partition coefficient (Wildman–Crippen LogP) is 4.60.